The Morgan fingerprint density at radius 1 is 0.935 bits per heavy atom. The number of anilines is 1. The Morgan fingerprint density at radius 2 is 1.65 bits per heavy atom. The molecular weight excluding hydrogens is 414 g/mol. The molecule has 4 rings (SSSR count). The van der Waals surface area contributed by atoms with Crippen molar-refractivity contribution < 1.29 is 14.0 Å². The van der Waals surface area contributed by atoms with E-state index in [9.17, 15) is 9.59 Å². The molecule has 0 saturated carbocycles. The van der Waals surface area contributed by atoms with Crippen LogP contribution >= 0.6 is 11.6 Å². The van der Waals surface area contributed by atoms with Crippen LogP contribution in [0.25, 0.3) is 11.3 Å². The molecule has 2 aromatic carbocycles. The first-order valence-electron chi connectivity index (χ1n) is 10.3. The topological polar surface area (TPSA) is 74.6 Å². The van der Waals surface area contributed by atoms with Gasteiger partial charge in [-0.3, -0.25) is 9.59 Å². The molecule has 1 aliphatic rings. The average Bonchev–Trinajstić information content (AvgIpc) is 3.49. The number of rotatable bonds is 7. The monoisotopic (exact) mass is 437 g/mol. The normalized spacial score (nSPS) is 13.3. The fourth-order valence-corrected chi connectivity index (χ4v) is 3.63. The highest BCUT2D eigenvalue weighted by atomic mass is 35.5. The van der Waals surface area contributed by atoms with Crippen LogP contribution in [0.3, 0.4) is 0 Å². The van der Waals surface area contributed by atoms with E-state index >= 15 is 0 Å². The van der Waals surface area contributed by atoms with Gasteiger partial charge in [0.1, 0.15) is 11.5 Å². The van der Waals surface area contributed by atoms with Gasteiger partial charge in [0.2, 0.25) is 5.91 Å². The molecule has 1 fully saturated rings. The number of carbonyl (C=O) groups is 2. The van der Waals surface area contributed by atoms with Gasteiger partial charge in [0, 0.05) is 34.9 Å². The van der Waals surface area contributed by atoms with Crippen LogP contribution in [-0.4, -0.2) is 36.3 Å². The van der Waals surface area contributed by atoms with E-state index in [1.165, 1.54) is 0 Å². The number of nitrogens with zero attached hydrogens (tertiary/aromatic N) is 1. The van der Waals surface area contributed by atoms with E-state index in [-0.39, 0.29) is 18.4 Å². The van der Waals surface area contributed by atoms with Crippen LogP contribution in [0.15, 0.2) is 65.1 Å². The van der Waals surface area contributed by atoms with Crippen LogP contribution in [0.2, 0.25) is 5.02 Å². The standard InChI is InChI=1S/C24H24ClN3O3/c25-19-7-3-17(4-8-19)22-12-11-21(31-22)15-27-23(29)16-26-20-9-5-18(6-10-20)24(30)28-13-1-2-14-28/h3-12,26H,1-2,13-16H2,(H,27,29). The van der Waals surface area contributed by atoms with E-state index in [1.807, 2.05) is 41.3 Å². The molecule has 0 aliphatic carbocycles. The summed E-state index contributed by atoms with van der Waals surface area (Å²) in [6, 6.07) is 18.3. The summed E-state index contributed by atoms with van der Waals surface area (Å²) < 4.78 is 5.79. The summed E-state index contributed by atoms with van der Waals surface area (Å²) >= 11 is 5.91. The van der Waals surface area contributed by atoms with Gasteiger partial charge in [-0.25, -0.2) is 0 Å². The molecule has 0 spiro atoms. The number of hydrogen-bond acceptors (Lipinski definition) is 4. The zero-order chi connectivity index (χ0) is 21.6. The number of likely N-dealkylation sites (tertiary alicyclic amines) is 1. The largest absolute Gasteiger partial charge is 0.459 e. The van der Waals surface area contributed by atoms with Crippen molar-refractivity contribution in [2.45, 2.75) is 19.4 Å². The van der Waals surface area contributed by atoms with Crippen molar-refractivity contribution in [2.24, 2.45) is 0 Å². The van der Waals surface area contributed by atoms with Crippen molar-refractivity contribution in [3.63, 3.8) is 0 Å². The zero-order valence-electron chi connectivity index (χ0n) is 17.1. The maximum atomic E-state index is 12.4. The molecule has 0 unspecified atom stereocenters. The Bertz CT molecular complexity index is 1040. The van der Waals surface area contributed by atoms with Crippen LogP contribution < -0.4 is 10.6 Å². The summed E-state index contributed by atoms with van der Waals surface area (Å²) in [6.07, 6.45) is 2.14. The molecule has 3 aromatic rings. The number of amides is 2. The minimum atomic E-state index is -0.151. The molecule has 31 heavy (non-hydrogen) atoms. The van der Waals surface area contributed by atoms with Gasteiger partial charge in [-0.2, -0.15) is 0 Å². The van der Waals surface area contributed by atoms with Gasteiger partial charge in [-0.05, 0) is 73.5 Å². The van der Waals surface area contributed by atoms with E-state index in [2.05, 4.69) is 10.6 Å². The minimum absolute atomic E-state index is 0.0678. The minimum Gasteiger partial charge on any atom is -0.459 e. The molecule has 160 valence electrons. The van der Waals surface area contributed by atoms with E-state index in [1.54, 1.807) is 24.3 Å². The molecule has 1 saturated heterocycles. The Morgan fingerprint density at radius 3 is 2.35 bits per heavy atom. The smallest absolute Gasteiger partial charge is 0.253 e. The second-order valence-electron chi connectivity index (χ2n) is 7.48. The molecular formula is C24H24ClN3O3. The Hall–Kier alpha value is -3.25. The number of nitrogens with one attached hydrogen (secondary N) is 2. The van der Waals surface area contributed by atoms with Gasteiger partial charge in [-0.15, -0.1) is 0 Å². The first-order chi connectivity index (χ1) is 15.1. The first-order valence-corrected chi connectivity index (χ1v) is 10.7. The second kappa shape index (κ2) is 9.71. The molecule has 2 N–H and O–H groups in total. The second-order valence-corrected chi connectivity index (χ2v) is 7.92. The quantitative estimate of drug-likeness (QED) is 0.568. The summed E-state index contributed by atoms with van der Waals surface area (Å²) in [7, 11) is 0. The zero-order valence-corrected chi connectivity index (χ0v) is 17.8. The first kappa shape index (κ1) is 21.0. The van der Waals surface area contributed by atoms with Crippen molar-refractivity contribution in [2.75, 3.05) is 25.0 Å². The van der Waals surface area contributed by atoms with Crippen molar-refractivity contribution in [3.05, 3.63) is 77.0 Å². The lowest BCUT2D eigenvalue weighted by atomic mass is 10.2. The SMILES string of the molecule is O=C(CNc1ccc(C(=O)N2CCCC2)cc1)NCc1ccc(-c2ccc(Cl)cc2)o1. The summed E-state index contributed by atoms with van der Waals surface area (Å²) in [4.78, 5) is 26.4. The Balaban J connectivity index is 1.23. The lowest BCUT2D eigenvalue weighted by Gasteiger charge is -2.15. The maximum absolute atomic E-state index is 12.4. The molecule has 6 nitrogen and oxygen atoms in total. The van der Waals surface area contributed by atoms with E-state index in [0.29, 0.717) is 22.9 Å². The van der Waals surface area contributed by atoms with Crippen LogP contribution in [0, 0.1) is 0 Å². The van der Waals surface area contributed by atoms with E-state index in [4.69, 9.17) is 16.0 Å². The lowest BCUT2D eigenvalue weighted by molar-refractivity contribution is -0.119. The molecule has 1 aromatic heterocycles. The number of carbonyl (C=O) groups excluding carboxylic acids is 2. The van der Waals surface area contributed by atoms with Gasteiger partial charge in [0.25, 0.3) is 5.91 Å². The van der Waals surface area contributed by atoms with Crippen molar-refractivity contribution in [1.29, 1.82) is 0 Å². The highest BCUT2D eigenvalue weighted by Crippen LogP contribution is 2.23. The van der Waals surface area contributed by atoms with Gasteiger partial charge < -0.3 is 20.0 Å². The van der Waals surface area contributed by atoms with Crippen LogP contribution in [0.5, 0.6) is 0 Å². The summed E-state index contributed by atoms with van der Waals surface area (Å²) in [5.41, 5.74) is 2.39. The predicted octanol–water partition coefficient (Wildman–Crippen LogP) is 4.56. The van der Waals surface area contributed by atoms with Gasteiger partial charge >= 0.3 is 0 Å². The number of benzene rings is 2. The van der Waals surface area contributed by atoms with Crippen molar-refractivity contribution in [1.82, 2.24) is 10.2 Å². The average molecular weight is 438 g/mol. The molecule has 2 heterocycles. The van der Waals surface area contributed by atoms with Gasteiger partial charge in [0.05, 0.1) is 13.1 Å². The van der Waals surface area contributed by atoms with Gasteiger partial charge in [-0.1, -0.05) is 11.6 Å². The third-order valence-corrected chi connectivity index (χ3v) is 5.48. The third-order valence-electron chi connectivity index (χ3n) is 5.23. The van der Waals surface area contributed by atoms with E-state index in [0.717, 1.165) is 42.9 Å². The molecule has 0 atom stereocenters. The number of hydrogen-bond donors (Lipinski definition) is 2. The summed E-state index contributed by atoms with van der Waals surface area (Å²) in [6.45, 7) is 2.09. The van der Waals surface area contributed by atoms with Crippen LogP contribution in [0.1, 0.15) is 29.0 Å². The molecule has 0 bridgehead atoms. The van der Waals surface area contributed by atoms with Crippen LogP contribution in [0.4, 0.5) is 5.69 Å². The fourth-order valence-electron chi connectivity index (χ4n) is 3.51. The molecule has 2 amide bonds. The lowest BCUT2D eigenvalue weighted by Crippen LogP contribution is -2.29. The van der Waals surface area contributed by atoms with Gasteiger partial charge in [0.15, 0.2) is 0 Å². The highest BCUT2D eigenvalue weighted by Gasteiger charge is 2.19. The van der Waals surface area contributed by atoms with Crippen LogP contribution in [-0.2, 0) is 11.3 Å². The van der Waals surface area contributed by atoms with E-state index < -0.39 is 0 Å². The molecule has 0 radical (unpaired) electrons. The summed E-state index contributed by atoms with van der Waals surface area (Å²) in [5, 5.41) is 6.57. The summed E-state index contributed by atoms with van der Waals surface area (Å²) in [5.74, 6) is 1.31. The fraction of sp³-hybridized carbons (Fsp3) is 0.250. The Labute approximate surface area is 186 Å². The maximum Gasteiger partial charge on any atom is 0.253 e. The predicted molar refractivity (Wildman–Crippen MR) is 121 cm³/mol. The third kappa shape index (κ3) is 5.47. The molecule has 7 heteroatoms. The van der Waals surface area contributed by atoms with Crippen molar-refractivity contribution >= 4 is 29.1 Å². The highest BCUT2D eigenvalue weighted by molar-refractivity contribution is 6.30. The number of halogens is 1. The molecule has 1 aliphatic heterocycles. The Kier molecular flexibility index (Phi) is 6.57. The number of furan rings is 1. The van der Waals surface area contributed by atoms with Crippen molar-refractivity contribution in [3.8, 4) is 11.3 Å².